The van der Waals surface area contributed by atoms with E-state index in [4.69, 9.17) is 9.97 Å². The van der Waals surface area contributed by atoms with Crippen molar-refractivity contribution in [2.45, 2.75) is 78.6 Å². The van der Waals surface area contributed by atoms with Gasteiger partial charge in [-0.25, -0.2) is 0 Å². The highest BCUT2D eigenvalue weighted by Gasteiger charge is 2.27. The van der Waals surface area contributed by atoms with Gasteiger partial charge in [-0.1, -0.05) is 233 Å². The van der Waals surface area contributed by atoms with Crippen molar-refractivity contribution in [2.24, 2.45) is 0 Å². The summed E-state index contributed by atoms with van der Waals surface area (Å²) in [5.41, 5.74) is 15.7. The third-order valence-corrected chi connectivity index (χ3v) is 25.0. The maximum absolute atomic E-state index is 5.43. The summed E-state index contributed by atoms with van der Waals surface area (Å²) < 4.78 is 5.04. The van der Waals surface area contributed by atoms with Gasteiger partial charge in [-0.3, -0.25) is 9.97 Å². The number of aromatic nitrogens is 4. The quantitative estimate of drug-likeness (QED) is 0.101. The van der Waals surface area contributed by atoms with Crippen LogP contribution < -0.4 is 20.7 Å². The minimum absolute atomic E-state index is 0.930. The van der Waals surface area contributed by atoms with Crippen molar-refractivity contribution in [1.82, 2.24) is 19.1 Å². The molecule has 0 radical (unpaired) electrons. The minimum Gasteiger partial charge on any atom is -0.309 e. The second kappa shape index (κ2) is 19.0. The molecule has 4 heterocycles. The molecule has 0 saturated carbocycles. The molecule has 0 aliphatic rings. The molecule has 80 heavy (non-hydrogen) atoms. The van der Waals surface area contributed by atoms with E-state index in [0.29, 0.717) is 0 Å². The fourth-order valence-corrected chi connectivity index (χ4v) is 16.8. The topological polar surface area (TPSA) is 35.6 Å². The summed E-state index contributed by atoms with van der Waals surface area (Å²) in [7, 11) is -6.53. The Morgan fingerprint density at radius 3 is 0.850 bits per heavy atom. The Morgan fingerprint density at radius 1 is 0.263 bits per heavy atom. The lowest BCUT2D eigenvalue weighted by molar-refractivity contribution is 1.18. The maximum Gasteiger partial charge on any atom is 0.0776 e. The molecule has 0 spiro atoms. The molecule has 0 amide bonds. The lowest BCUT2D eigenvalue weighted by Gasteiger charge is -2.20. The molecule has 394 valence electrons. The number of fused-ring (bicyclic) bond motifs is 8. The van der Waals surface area contributed by atoms with Crippen molar-refractivity contribution in [3.8, 4) is 56.1 Å². The third-order valence-electron chi connectivity index (χ3n) is 16.8. The first-order chi connectivity index (χ1) is 38.2. The molecule has 0 aliphatic heterocycles. The number of rotatable bonds is 10. The standard InChI is InChI=1S/C72H70N4Si4/c1-77(2,3)53-27-35-67-59(41-53)60-42-54(78(4,5)6)28-36-68(60)75(67)51-25-31-57-63(39-51)71(65-33-23-49(45-73-65)47-19-15-13-16-20-47)58-32-26-52(40-64(58)72(57)66-34-24-50(46-74-66)48-21-17-14-18-22-48)76-69-37-29-55(79(7,8)9)43-61(69)62-44-56(80(10,11)12)30-38-70(62)76/h13-46H,1-12H3. The molecule has 4 nitrogen and oxygen atoms in total. The molecule has 13 aromatic rings. The highest BCUT2D eigenvalue weighted by Crippen LogP contribution is 2.46. The molecule has 0 saturated heterocycles. The normalized spacial score (nSPS) is 12.8. The van der Waals surface area contributed by atoms with Crippen LogP contribution in [0.5, 0.6) is 0 Å². The average molecular weight is 1100 g/mol. The smallest absolute Gasteiger partial charge is 0.0776 e. The van der Waals surface area contributed by atoms with Crippen LogP contribution in [0.25, 0.3) is 121 Å². The van der Waals surface area contributed by atoms with Gasteiger partial charge in [0, 0.05) is 67.6 Å². The van der Waals surface area contributed by atoms with Crippen molar-refractivity contribution in [2.75, 3.05) is 0 Å². The summed E-state index contributed by atoms with van der Waals surface area (Å²) in [5, 5.41) is 15.7. The van der Waals surface area contributed by atoms with Gasteiger partial charge in [-0.05, 0) is 93.3 Å². The van der Waals surface area contributed by atoms with Crippen molar-refractivity contribution >= 4 is 118 Å². The number of hydrogen-bond donors (Lipinski definition) is 0. The van der Waals surface area contributed by atoms with Gasteiger partial charge in [0.05, 0.1) is 65.8 Å². The van der Waals surface area contributed by atoms with E-state index in [1.807, 2.05) is 0 Å². The van der Waals surface area contributed by atoms with Crippen LogP contribution in [0.1, 0.15) is 0 Å². The Balaban J connectivity index is 1.13. The maximum atomic E-state index is 5.43. The molecule has 8 heteroatoms. The van der Waals surface area contributed by atoms with Crippen molar-refractivity contribution in [3.05, 3.63) is 207 Å². The average Bonchev–Trinajstić information content (AvgIpc) is 4.03. The zero-order chi connectivity index (χ0) is 55.6. The van der Waals surface area contributed by atoms with Crippen LogP contribution in [0.3, 0.4) is 0 Å². The Hall–Kier alpha value is -7.73. The van der Waals surface area contributed by atoms with E-state index in [0.717, 1.165) is 77.7 Å². The van der Waals surface area contributed by atoms with E-state index in [1.165, 1.54) is 64.4 Å². The predicted octanol–water partition coefficient (Wildman–Crippen LogP) is 17.8. The van der Waals surface area contributed by atoms with Gasteiger partial charge in [0.15, 0.2) is 0 Å². The molecule has 0 bridgehead atoms. The van der Waals surface area contributed by atoms with E-state index in [1.54, 1.807) is 0 Å². The molecule has 9 aromatic carbocycles. The zero-order valence-electron chi connectivity index (χ0n) is 48.4. The summed E-state index contributed by atoms with van der Waals surface area (Å²) in [6.07, 6.45) is 4.11. The molecule has 0 fully saturated rings. The first kappa shape index (κ1) is 51.7. The van der Waals surface area contributed by atoms with Gasteiger partial charge >= 0.3 is 0 Å². The van der Waals surface area contributed by atoms with Crippen LogP contribution in [0, 0.1) is 0 Å². The highest BCUT2D eigenvalue weighted by atomic mass is 28.3. The largest absolute Gasteiger partial charge is 0.309 e. The Kier molecular flexibility index (Phi) is 12.2. The van der Waals surface area contributed by atoms with Crippen LogP contribution >= 0.6 is 0 Å². The fraction of sp³-hybridized carbons (Fsp3) is 0.167. The number of hydrogen-bond acceptors (Lipinski definition) is 2. The number of nitrogens with zero attached hydrogens (tertiary/aromatic N) is 4. The minimum atomic E-state index is -1.63. The van der Waals surface area contributed by atoms with E-state index in [2.05, 4.69) is 294 Å². The summed E-state index contributed by atoms with van der Waals surface area (Å²) >= 11 is 0. The first-order valence-electron chi connectivity index (χ1n) is 28.5. The summed E-state index contributed by atoms with van der Waals surface area (Å²) in [6.45, 7) is 29.5. The van der Waals surface area contributed by atoms with Crippen LogP contribution in [-0.4, -0.2) is 51.4 Å². The van der Waals surface area contributed by atoms with Gasteiger partial charge in [-0.15, -0.1) is 0 Å². The molecular weight excluding hydrogens is 1030 g/mol. The van der Waals surface area contributed by atoms with Gasteiger partial charge in [0.2, 0.25) is 0 Å². The number of pyridine rings is 2. The van der Waals surface area contributed by atoms with E-state index < -0.39 is 32.3 Å². The second-order valence-corrected chi connectivity index (χ2v) is 46.7. The molecule has 0 aliphatic carbocycles. The molecule has 0 N–H and O–H groups in total. The third kappa shape index (κ3) is 8.93. The van der Waals surface area contributed by atoms with Crippen LogP contribution in [0.15, 0.2) is 207 Å². The van der Waals surface area contributed by atoms with Crippen LogP contribution in [0.4, 0.5) is 0 Å². The van der Waals surface area contributed by atoms with Crippen LogP contribution in [0.2, 0.25) is 78.6 Å². The highest BCUT2D eigenvalue weighted by molar-refractivity contribution is 6.90. The predicted molar refractivity (Wildman–Crippen MR) is 359 cm³/mol. The van der Waals surface area contributed by atoms with Gasteiger partial charge < -0.3 is 9.13 Å². The van der Waals surface area contributed by atoms with E-state index in [-0.39, 0.29) is 0 Å². The summed E-state index contributed by atoms with van der Waals surface area (Å²) in [4.78, 5) is 10.9. The van der Waals surface area contributed by atoms with Gasteiger partial charge in [0.1, 0.15) is 0 Å². The molecule has 0 atom stereocenters. The lowest BCUT2D eigenvalue weighted by Crippen LogP contribution is -2.37. The van der Waals surface area contributed by atoms with Gasteiger partial charge in [0.25, 0.3) is 0 Å². The monoisotopic (exact) mass is 1100 g/mol. The van der Waals surface area contributed by atoms with Gasteiger partial charge in [-0.2, -0.15) is 0 Å². The van der Waals surface area contributed by atoms with Crippen molar-refractivity contribution < 1.29 is 0 Å². The van der Waals surface area contributed by atoms with Crippen LogP contribution in [-0.2, 0) is 0 Å². The second-order valence-electron chi connectivity index (χ2n) is 26.4. The summed E-state index contributed by atoms with van der Waals surface area (Å²) in [5.74, 6) is 0. The SMILES string of the molecule is C[Si](C)(C)c1ccc2c(c1)c1cc([Si](C)(C)C)ccc1n2-c1ccc2c(-c3ccc(-c4ccccc4)cn3)c3cc(-n4c5ccc([Si](C)(C)C)cc5c5cc([Si](C)(C)C)ccc54)ccc3c(-c3ccc(-c4ccccc4)cn3)c2c1. The first-order valence-corrected chi connectivity index (χ1v) is 42.5. The van der Waals surface area contributed by atoms with Crippen molar-refractivity contribution in [3.63, 3.8) is 0 Å². The lowest BCUT2D eigenvalue weighted by atomic mass is 9.87. The Bertz CT molecular complexity index is 4150. The van der Waals surface area contributed by atoms with Crippen molar-refractivity contribution in [1.29, 1.82) is 0 Å². The molecular formula is C72H70N4Si4. The fourth-order valence-electron chi connectivity index (χ4n) is 12.2. The van der Waals surface area contributed by atoms with E-state index >= 15 is 0 Å². The molecule has 4 aromatic heterocycles. The Morgan fingerprint density at radius 2 is 0.575 bits per heavy atom. The van der Waals surface area contributed by atoms with E-state index in [9.17, 15) is 0 Å². The summed E-state index contributed by atoms with van der Waals surface area (Å²) in [6, 6.07) is 73.7. The molecule has 0 unspecified atom stereocenters. The molecule has 13 rings (SSSR count). The zero-order valence-corrected chi connectivity index (χ0v) is 52.4. The number of benzene rings is 9. The Labute approximate surface area is 475 Å².